The summed E-state index contributed by atoms with van der Waals surface area (Å²) >= 11 is 0. The van der Waals surface area contributed by atoms with Gasteiger partial charge in [-0.05, 0) is 72.8 Å². The molecule has 0 amide bonds. The number of hydrogen-bond donors (Lipinski definition) is 0. The van der Waals surface area contributed by atoms with Crippen molar-refractivity contribution < 1.29 is 0 Å². The van der Waals surface area contributed by atoms with Crippen LogP contribution >= 0.6 is 0 Å². The minimum absolute atomic E-state index is 0.676. The van der Waals surface area contributed by atoms with E-state index in [1.165, 1.54) is 38.1 Å². The number of hydrogen-bond acceptors (Lipinski definition) is 1. The maximum absolute atomic E-state index is 10.3. The first-order valence-corrected chi connectivity index (χ1v) is 15.9. The molecule has 0 unspecified atom stereocenters. The van der Waals surface area contributed by atoms with Gasteiger partial charge in [0.2, 0.25) is 0 Å². The van der Waals surface area contributed by atoms with Gasteiger partial charge in [-0.15, -0.1) is 0 Å². The van der Waals surface area contributed by atoms with Crippen LogP contribution in [-0.4, -0.2) is 13.7 Å². The van der Waals surface area contributed by atoms with Crippen LogP contribution in [0.4, 0.5) is 0 Å². The Balaban J connectivity index is 1.38. The lowest BCUT2D eigenvalue weighted by atomic mass is 10.1. The van der Waals surface area contributed by atoms with Crippen LogP contribution in [0.25, 0.3) is 82.5 Å². The zero-order valence-corrected chi connectivity index (χ0v) is 25.3. The smallest absolute Gasteiger partial charge is 0.0998 e. The number of nitriles is 1. The van der Waals surface area contributed by atoms with E-state index in [0.29, 0.717) is 5.56 Å². The minimum atomic E-state index is 0.676. The molecule has 0 aliphatic carbocycles. The van der Waals surface area contributed by atoms with E-state index in [9.17, 15) is 5.26 Å². The van der Waals surface area contributed by atoms with Gasteiger partial charge in [-0.1, -0.05) is 84.9 Å². The Bertz CT molecular complexity index is 2900. The van der Waals surface area contributed by atoms with E-state index in [0.717, 1.165) is 44.4 Å². The molecule has 0 aliphatic heterocycles. The van der Waals surface area contributed by atoms with Gasteiger partial charge in [-0.3, -0.25) is 0 Å². The highest BCUT2D eigenvalue weighted by Gasteiger charge is 2.22. The standard InChI is InChI=1S/C43H26N4/c44-27-28-12-11-21-39-41(28)35-26-31(22-24-38(35)46(39)30-15-5-2-6-16-30)47-36-19-9-7-17-32(36)33-23-25-40-42(43(33)47)34-18-8-10-20-37(34)45(40)29-13-3-1-4-14-29/h1-26H. The molecule has 47 heavy (non-hydrogen) atoms. The van der Waals surface area contributed by atoms with Crippen LogP contribution in [0.5, 0.6) is 0 Å². The van der Waals surface area contributed by atoms with Gasteiger partial charge in [0.05, 0.1) is 44.7 Å². The second-order valence-electron chi connectivity index (χ2n) is 12.1. The van der Waals surface area contributed by atoms with Crippen molar-refractivity contribution in [2.24, 2.45) is 0 Å². The third kappa shape index (κ3) is 3.51. The first-order valence-electron chi connectivity index (χ1n) is 15.9. The molecule has 7 aromatic carbocycles. The Labute approximate surface area is 270 Å². The molecule has 3 heterocycles. The van der Waals surface area contributed by atoms with Crippen LogP contribution in [0.3, 0.4) is 0 Å². The molecule has 4 nitrogen and oxygen atoms in total. The summed E-state index contributed by atoms with van der Waals surface area (Å²) in [7, 11) is 0. The summed E-state index contributed by atoms with van der Waals surface area (Å²) in [6, 6.07) is 58.2. The Morgan fingerprint density at radius 2 is 0.915 bits per heavy atom. The van der Waals surface area contributed by atoms with Crippen LogP contribution in [-0.2, 0) is 0 Å². The first kappa shape index (κ1) is 25.7. The summed E-state index contributed by atoms with van der Waals surface area (Å²) in [5.74, 6) is 0. The quantitative estimate of drug-likeness (QED) is 0.199. The molecule has 0 saturated heterocycles. The van der Waals surface area contributed by atoms with Crippen LogP contribution in [0, 0.1) is 11.3 Å². The van der Waals surface area contributed by atoms with Crippen molar-refractivity contribution >= 4 is 65.4 Å². The monoisotopic (exact) mass is 598 g/mol. The predicted octanol–water partition coefficient (Wildman–Crippen LogP) is 10.8. The molecule has 0 radical (unpaired) electrons. The van der Waals surface area contributed by atoms with E-state index >= 15 is 0 Å². The first-order chi connectivity index (χ1) is 23.3. The van der Waals surface area contributed by atoms with E-state index in [-0.39, 0.29) is 0 Å². The summed E-state index contributed by atoms with van der Waals surface area (Å²) < 4.78 is 7.07. The number of benzene rings is 7. The lowest BCUT2D eigenvalue weighted by molar-refractivity contribution is 1.17. The zero-order chi connectivity index (χ0) is 31.1. The average Bonchev–Trinajstić information content (AvgIpc) is 3.77. The normalized spacial score (nSPS) is 11.8. The van der Waals surface area contributed by atoms with Crippen LogP contribution in [0.15, 0.2) is 158 Å². The van der Waals surface area contributed by atoms with Crippen LogP contribution in [0.2, 0.25) is 0 Å². The molecule has 0 saturated carbocycles. The highest BCUT2D eigenvalue weighted by atomic mass is 15.0. The maximum atomic E-state index is 10.3. The molecule has 0 atom stereocenters. The van der Waals surface area contributed by atoms with E-state index in [4.69, 9.17) is 0 Å². The number of fused-ring (bicyclic) bond motifs is 10. The van der Waals surface area contributed by atoms with Gasteiger partial charge in [-0.25, -0.2) is 0 Å². The second-order valence-corrected chi connectivity index (χ2v) is 12.1. The van der Waals surface area contributed by atoms with Crippen molar-refractivity contribution in [3.8, 4) is 23.1 Å². The van der Waals surface area contributed by atoms with Gasteiger partial charge < -0.3 is 13.7 Å². The molecular formula is C43H26N4. The molecule has 218 valence electrons. The van der Waals surface area contributed by atoms with Crippen LogP contribution in [0.1, 0.15) is 5.56 Å². The van der Waals surface area contributed by atoms with Crippen molar-refractivity contribution in [2.75, 3.05) is 0 Å². The third-order valence-corrected chi connectivity index (χ3v) is 9.65. The summed E-state index contributed by atoms with van der Waals surface area (Å²) in [5, 5.41) is 17.2. The minimum Gasteiger partial charge on any atom is -0.309 e. The molecule has 4 heteroatoms. The number of rotatable bonds is 3. The van der Waals surface area contributed by atoms with Crippen LogP contribution < -0.4 is 0 Å². The van der Waals surface area contributed by atoms with Gasteiger partial charge in [0.1, 0.15) is 0 Å². The molecule has 0 spiro atoms. The lowest BCUT2D eigenvalue weighted by Gasteiger charge is -2.11. The molecule has 0 aliphatic rings. The molecule has 0 bridgehead atoms. The molecule has 0 fully saturated rings. The summed E-state index contributed by atoms with van der Waals surface area (Å²) in [6.45, 7) is 0. The molecule has 3 aromatic heterocycles. The zero-order valence-electron chi connectivity index (χ0n) is 25.3. The fourth-order valence-corrected chi connectivity index (χ4v) is 7.78. The summed E-state index contributed by atoms with van der Waals surface area (Å²) in [5.41, 5.74) is 10.7. The Morgan fingerprint density at radius 3 is 1.62 bits per heavy atom. The molecule has 0 N–H and O–H groups in total. The Hall–Kier alpha value is -6.57. The van der Waals surface area contributed by atoms with Gasteiger partial charge in [0.25, 0.3) is 0 Å². The largest absolute Gasteiger partial charge is 0.309 e. The molecular weight excluding hydrogens is 573 g/mol. The maximum Gasteiger partial charge on any atom is 0.0998 e. The van der Waals surface area contributed by atoms with Gasteiger partial charge in [-0.2, -0.15) is 5.26 Å². The van der Waals surface area contributed by atoms with E-state index < -0.39 is 0 Å². The molecule has 10 rings (SSSR count). The van der Waals surface area contributed by atoms with E-state index in [2.05, 4.69) is 159 Å². The Morgan fingerprint density at radius 1 is 0.362 bits per heavy atom. The van der Waals surface area contributed by atoms with Crippen molar-refractivity contribution in [2.45, 2.75) is 0 Å². The number of nitrogens with zero attached hydrogens (tertiary/aromatic N) is 4. The van der Waals surface area contributed by atoms with Crippen molar-refractivity contribution in [1.29, 1.82) is 5.26 Å². The van der Waals surface area contributed by atoms with Crippen molar-refractivity contribution in [1.82, 2.24) is 13.7 Å². The van der Waals surface area contributed by atoms with Gasteiger partial charge >= 0.3 is 0 Å². The van der Waals surface area contributed by atoms with Crippen molar-refractivity contribution in [3.05, 3.63) is 163 Å². The SMILES string of the molecule is N#Cc1cccc2c1c1cc(-n3c4ccccc4c4ccc5c(c6ccccc6n5-c5ccccc5)c43)ccc1n2-c1ccccc1. The number of para-hydroxylation sites is 4. The van der Waals surface area contributed by atoms with Gasteiger partial charge in [0.15, 0.2) is 0 Å². The lowest BCUT2D eigenvalue weighted by Crippen LogP contribution is -1.96. The molecule has 10 aromatic rings. The van der Waals surface area contributed by atoms with E-state index in [1.54, 1.807) is 0 Å². The fraction of sp³-hybridized carbons (Fsp3) is 0. The Kier molecular flexibility index (Phi) is 5.32. The average molecular weight is 599 g/mol. The van der Waals surface area contributed by atoms with E-state index in [1.807, 2.05) is 18.2 Å². The topological polar surface area (TPSA) is 38.6 Å². The fourth-order valence-electron chi connectivity index (χ4n) is 7.78. The predicted molar refractivity (Wildman–Crippen MR) is 194 cm³/mol. The highest BCUT2D eigenvalue weighted by molar-refractivity contribution is 6.26. The second kappa shape index (κ2) is 9.71. The summed E-state index contributed by atoms with van der Waals surface area (Å²) in [4.78, 5) is 0. The van der Waals surface area contributed by atoms with Crippen molar-refractivity contribution in [3.63, 3.8) is 0 Å². The summed E-state index contributed by atoms with van der Waals surface area (Å²) in [6.07, 6.45) is 0. The van der Waals surface area contributed by atoms with Gasteiger partial charge in [0, 0.05) is 49.4 Å². The highest BCUT2D eigenvalue weighted by Crippen LogP contribution is 2.43. The third-order valence-electron chi connectivity index (χ3n) is 9.65. The number of aromatic nitrogens is 3.